The van der Waals surface area contributed by atoms with E-state index in [1.54, 1.807) is 0 Å². The molecule has 0 N–H and O–H groups in total. The van der Waals surface area contributed by atoms with E-state index in [-0.39, 0.29) is 11.4 Å². The Morgan fingerprint density at radius 3 is 2.67 bits per heavy atom. The molecule has 0 aromatic rings. The molecule has 1 aliphatic carbocycles. The molecule has 0 amide bonds. The van der Waals surface area contributed by atoms with Crippen molar-refractivity contribution in [2.24, 2.45) is 17.3 Å². The average Bonchev–Trinajstić information content (AvgIpc) is 2.25. The Kier molecular flexibility index (Phi) is 5.90. The minimum atomic E-state index is -0.0266. The van der Waals surface area contributed by atoms with Crippen molar-refractivity contribution in [1.29, 1.82) is 0 Å². The van der Waals surface area contributed by atoms with Crippen LogP contribution in [0.3, 0.4) is 0 Å². The van der Waals surface area contributed by atoms with Crippen molar-refractivity contribution in [3.8, 4) is 0 Å². The van der Waals surface area contributed by atoms with Gasteiger partial charge in [-0.2, -0.15) is 0 Å². The highest BCUT2D eigenvalue weighted by Crippen LogP contribution is 2.26. The van der Waals surface area contributed by atoms with Crippen molar-refractivity contribution in [3.63, 3.8) is 0 Å². The summed E-state index contributed by atoms with van der Waals surface area (Å²) in [7, 11) is 0. The summed E-state index contributed by atoms with van der Waals surface area (Å²) in [5.74, 6) is 0.918. The molecule has 0 aliphatic heterocycles. The van der Waals surface area contributed by atoms with E-state index in [9.17, 15) is 4.79 Å². The number of esters is 1. The zero-order valence-electron chi connectivity index (χ0n) is 12.4. The smallest absolute Gasteiger partial charge is 0.306 e. The number of rotatable bonds is 5. The molecule has 2 atom stereocenters. The Morgan fingerprint density at radius 2 is 2.11 bits per heavy atom. The van der Waals surface area contributed by atoms with Gasteiger partial charge >= 0.3 is 5.97 Å². The van der Waals surface area contributed by atoms with Crippen LogP contribution < -0.4 is 0 Å². The number of ether oxygens (including phenoxy) is 1. The van der Waals surface area contributed by atoms with Crippen LogP contribution >= 0.6 is 0 Å². The van der Waals surface area contributed by atoms with Crippen LogP contribution in [0.1, 0.15) is 59.8 Å². The molecule has 0 spiro atoms. The molecule has 0 radical (unpaired) electrons. The third-order valence-corrected chi connectivity index (χ3v) is 3.33. The second-order valence-corrected chi connectivity index (χ2v) is 6.91. The Morgan fingerprint density at radius 1 is 1.39 bits per heavy atom. The Balaban J connectivity index is 2.18. The molecule has 18 heavy (non-hydrogen) atoms. The average molecular weight is 252 g/mol. The normalized spacial score (nSPS) is 21.7. The molecule has 0 aromatic heterocycles. The van der Waals surface area contributed by atoms with Crippen LogP contribution in [0, 0.1) is 17.3 Å². The van der Waals surface area contributed by atoms with Crippen molar-refractivity contribution in [1.82, 2.24) is 0 Å². The molecule has 1 aliphatic rings. The van der Waals surface area contributed by atoms with E-state index >= 15 is 0 Å². The molecule has 0 heterocycles. The zero-order valence-corrected chi connectivity index (χ0v) is 12.4. The Hall–Kier alpha value is -0.790. The van der Waals surface area contributed by atoms with Gasteiger partial charge in [-0.05, 0) is 42.9 Å². The van der Waals surface area contributed by atoms with E-state index in [2.05, 4.69) is 39.8 Å². The second-order valence-electron chi connectivity index (χ2n) is 6.91. The van der Waals surface area contributed by atoms with E-state index in [1.165, 1.54) is 0 Å². The molecule has 0 saturated carbocycles. The molecule has 1 rings (SSSR count). The number of hydrogen-bond donors (Lipinski definition) is 0. The quantitative estimate of drug-likeness (QED) is 0.537. The van der Waals surface area contributed by atoms with E-state index in [0.717, 1.165) is 25.7 Å². The van der Waals surface area contributed by atoms with Crippen molar-refractivity contribution in [3.05, 3.63) is 12.2 Å². The molecule has 2 nitrogen and oxygen atoms in total. The van der Waals surface area contributed by atoms with Crippen LogP contribution in [0.2, 0.25) is 0 Å². The summed E-state index contributed by atoms with van der Waals surface area (Å²) in [5, 5.41) is 0. The van der Waals surface area contributed by atoms with Gasteiger partial charge in [0, 0.05) is 6.42 Å². The number of allylic oxidation sites excluding steroid dienone is 2. The van der Waals surface area contributed by atoms with Crippen LogP contribution in [-0.4, -0.2) is 12.6 Å². The first-order chi connectivity index (χ1) is 8.37. The summed E-state index contributed by atoms with van der Waals surface area (Å²) in [6.07, 6.45) is 9.37. The largest absolute Gasteiger partial charge is 0.465 e. The van der Waals surface area contributed by atoms with Crippen molar-refractivity contribution in [2.75, 3.05) is 6.61 Å². The summed E-state index contributed by atoms with van der Waals surface area (Å²) < 4.78 is 5.39. The van der Waals surface area contributed by atoms with Gasteiger partial charge in [0.05, 0.1) is 6.61 Å². The van der Waals surface area contributed by atoms with Crippen LogP contribution in [0.15, 0.2) is 12.2 Å². The van der Waals surface area contributed by atoms with Gasteiger partial charge in [-0.25, -0.2) is 0 Å². The van der Waals surface area contributed by atoms with Gasteiger partial charge < -0.3 is 4.74 Å². The summed E-state index contributed by atoms with van der Waals surface area (Å²) in [5.41, 5.74) is 0.286. The standard InChI is InChI=1S/C16H28O2/c1-13(11-16(2,3)4)10-15(17)18-12-14-8-6-5-7-9-14/h5-6,13-14H,7-12H2,1-4H3. The van der Waals surface area contributed by atoms with Gasteiger partial charge in [-0.15, -0.1) is 0 Å². The summed E-state index contributed by atoms with van der Waals surface area (Å²) in [4.78, 5) is 11.7. The highest BCUT2D eigenvalue weighted by atomic mass is 16.5. The molecular weight excluding hydrogens is 224 g/mol. The lowest BCUT2D eigenvalue weighted by atomic mass is 9.84. The van der Waals surface area contributed by atoms with Gasteiger partial charge in [0.1, 0.15) is 0 Å². The molecule has 2 heteroatoms. The molecular formula is C16H28O2. The molecule has 0 fully saturated rings. The van der Waals surface area contributed by atoms with Gasteiger partial charge in [-0.1, -0.05) is 39.8 Å². The molecule has 2 unspecified atom stereocenters. The first-order valence-corrected chi connectivity index (χ1v) is 7.17. The van der Waals surface area contributed by atoms with Crippen LogP contribution in [0.5, 0.6) is 0 Å². The van der Waals surface area contributed by atoms with Gasteiger partial charge in [0.15, 0.2) is 0 Å². The third-order valence-electron chi connectivity index (χ3n) is 3.33. The van der Waals surface area contributed by atoms with E-state index < -0.39 is 0 Å². The third kappa shape index (κ3) is 6.83. The monoisotopic (exact) mass is 252 g/mol. The maximum absolute atomic E-state index is 11.7. The van der Waals surface area contributed by atoms with Gasteiger partial charge in [-0.3, -0.25) is 4.79 Å². The number of carbonyl (C=O) groups excluding carboxylic acids is 1. The summed E-state index contributed by atoms with van der Waals surface area (Å²) in [6, 6.07) is 0. The predicted molar refractivity (Wildman–Crippen MR) is 75.3 cm³/mol. The maximum Gasteiger partial charge on any atom is 0.306 e. The lowest BCUT2D eigenvalue weighted by Crippen LogP contribution is -2.19. The van der Waals surface area contributed by atoms with Crippen LogP contribution in [0.25, 0.3) is 0 Å². The molecule has 0 bridgehead atoms. The highest BCUT2D eigenvalue weighted by molar-refractivity contribution is 5.69. The lowest BCUT2D eigenvalue weighted by molar-refractivity contribution is -0.146. The lowest BCUT2D eigenvalue weighted by Gasteiger charge is -2.23. The first-order valence-electron chi connectivity index (χ1n) is 7.17. The molecule has 0 aromatic carbocycles. The van der Waals surface area contributed by atoms with Crippen molar-refractivity contribution in [2.45, 2.75) is 59.8 Å². The van der Waals surface area contributed by atoms with Crippen molar-refractivity contribution >= 4 is 5.97 Å². The maximum atomic E-state index is 11.7. The number of hydrogen-bond acceptors (Lipinski definition) is 2. The van der Waals surface area contributed by atoms with Crippen LogP contribution in [-0.2, 0) is 9.53 Å². The van der Waals surface area contributed by atoms with Crippen molar-refractivity contribution < 1.29 is 9.53 Å². The number of carbonyl (C=O) groups is 1. The SMILES string of the molecule is CC(CC(=O)OCC1CC=CCC1)CC(C)(C)C. The van der Waals surface area contributed by atoms with E-state index in [4.69, 9.17) is 4.74 Å². The summed E-state index contributed by atoms with van der Waals surface area (Å²) in [6.45, 7) is 9.37. The topological polar surface area (TPSA) is 26.3 Å². The van der Waals surface area contributed by atoms with Crippen LogP contribution in [0.4, 0.5) is 0 Å². The second kappa shape index (κ2) is 6.96. The van der Waals surface area contributed by atoms with E-state index in [1.807, 2.05) is 0 Å². The minimum absolute atomic E-state index is 0.0266. The molecule has 0 saturated heterocycles. The van der Waals surface area contributed by atoms with Gasteiger partial charge in [0.2, 0.25) is 0 Å². The van der Waals surface area contributed by atoms with E-state index in [0.29, 0.717) is 24.9 Å². The minimum Gasteiger partial charge on any atom is -0.465 e. The molecule has 104 valence electrons. The zero-order chi connectivity index (χ0) is 13.6. The Labute approximate surface area is 112 Å². The fourth-order valence-corrected chi connectivity index (χ4v) is 2.68. The summed E-state index contributed by atoms with van der Waals surface area (Å²) >= 11 is 0. The predicted octanol–water partition coefficient (Wildman–Crippen LogP) is 4.35. The highest BCUT2D eigenvalue weighted by Gasteiger charge is 2.19. The Bertz CT molecular complexity index is 286. The fourth-order valence-electron chi connectivity index (χ4n) is 2.68. The fraction of sp³-hybridized carbons (Fsp3) is 0.812. The van der Waals surface area contributed by atoms with Gasteiger partial charge in [0.25, 0.3) is 0 Å². The first kappa shape index (κ1) is 15.3.